The van der Waals surface area contributed by atoms with Gasteiger partial charge in [0, 0.05) is 30.1 Å². The van der Waals surface area contributed by atoms with E-state index in [1.807, 2.05) is 66.0 Å². The van der Waals surface area contributed by atoms with Crippen molar-refractivity contribution in [1.82, 2.24) is 4.98 Å². The van der Waals surface area contributed by atoms with Crippen LogP contribution in [0.4, 0.5) is 17.2 Å². The third kappa shape index (κ3) is 6.39. The number of rotatable bonds is 9. The second-order valence-corrected chi connectivity index (χ2v) is 9.85. The highest BCUT2D eigenvalue weighted by molar-refractivity contribution is 6.06. The van der Waals surface area contributed by atoms with E-state index in [0.29, 0.717) is 29.3 Å². The van der Waals surface area contributed by atoms with Gasteiger partial charge in [0.15, 0.2) is 5.69 Å². The summed E-state index contributed by atoms with van der Waals surface area (Å²) in [5.41, 5.74) is 5.62. The number of aromatic nitrogens is 1. The molecule has 2 heterocycles. The fraction of sp³-hybridized carbons (Fsp3) is 0.219. The minimum Gasteiger partial charge on any atom is -0.477 e. The maximum absolute atomic E-state index is 12.0. The third-order valence-corrected chi connectivity index (χ3v) is 6.99. The van der Waals surface area contributed by atoms with Crippen molar-refractivity contribution >= 4 is 28.9 Å². The zero-order valence-electron chi connectivity index (χ0n) is 22.0. The van der Waals surface area contributed by atoms with Crippen LogP contribution >= 0.6 is 0 Å². The molecular formula is C32H33N4O3+. The fourth-order valence-corrected chi connectivity index (χ4v) is 5.06. The van der Waals surface area contributed by atoms with E-state index < -0.39 is 5.97 Å². The first-order chi connectivity index (χ1) is 19.0. The number of pyridine rings is 1. The summed E-state index contributed by atoms with van der Waals surface area (Å²) in [6, 6.07) is 29.6. The van der Waals surface area contributed by atoms with Gasteiger partial charge in [0.1, 0.15) is 5.69 Å². The van der Waals surface area contributed by atoms with Gasteiger partial charge in [0.25, 0.3) is 0 Å². The number of nitrogens with two attached hydrogens (primary N) is 1. The minimum absolute atomic E-state index is 0.0457. The quantitative estimate of drug-likeness (QED) is 0.198. The number of hydrogen-bond donors (Lipinski definition) is 3. The van der Waals surface area contributed by atoms with Gasteiger partial charge in [-0.25, -0.2) is 4.79 Å². The normalized spacial score (nSPS) is 15.2. The number of benzene rings is 3. The maximum Gasteiger partial charge on any atom is 0.354 e. The molecule has 1 saturated heterocycles. The number of anilines is 1. The van der Waals surface area contributed by atoms with Crippen LogP contribution in [0.15, 0.2) is 91.0 Å². The van der Waals surface area contributed by atoms with Crippen LogP contribution in [0.5, 0.6) is 0 Å². The molecule has 0 spiro atoms. The lowest BCUT2D eigenvalue weighted by Crippen LogP contribution is -2.72. The van der Waals surface area contributed by atoms with E-state index >= 15 is 0 Å². The molecule has 198 valence electrons. The molecule has 3 aromatic carbocycles. The summed E-state index contributed by atoms with van der Waals surface area (Å²) in [5.74, 6) is -0.623. The number of carboxylic acids is 1. The van der Waals surface area contributed by atoms with Crippen LogP contribution in [-0.2, 0) is 11.3 Å². The summed E-state index contributed by atoms with van der Waals surface area (Å²) < 4.78 is 6.22. The Hall–Kier alpha value is -4.33. The molecule has 4 N–H and O–H groups in total. The number of aromatic carboxylic acids is 1. The third-order valence-electron chi connectivity index (χ3n) is 6.99. The standard InChI is InChI=1S/C32H32N4O3/c1-22(33)30-28(19-29(32(37)38)35-31(30)34-25-11-6-3-7-12-25)24-14-16-26(17-15-24)36-18-8-13-27(20-36)39-21-23-9-4-2-5-10-23/h2-7,9-12,14-17,19,27,33H,8,13,18,20-21H2,1H3,(H,34,35)(H,37,38)/p+1. The molecule has 1 fully saturated rings. The second kappa shape index (κ2) is 12.0. The summed E-state index contributed by atoms with van der Waals surface area (Å²) >= 11 is 0. The average molecular weight is 522 g/mol. The number of hydrogen-bond acceptors (Lipinski definition) is 5. The number of carbonyl (C=O) groups is 1. The predicted molar refractivity (Wildman–Crippen MR) is 153 cm³/mol. The second-order valence-electron chi connectivity index (χ2n) is 9.85. The van der Waals surface area contributed by atoms with E-state index in [9.17, 15) is 9.90 Å². The molecule has 0 bridgehead atoms. The summed E-state index contributed by atoms with van der Waals surface area (Å²) in [5, 5.41) is 20.1. The van der Waals surface area contributed by atoms with Crippen molar-refractivity contribution in [2.24, 2.45) is 0 Å². The highest BCUT2D eigenvalue weighted by Gasteiger charge is 2.24. The molecule has 0 saturated carbocycles. The average Bonchev–Trinajstić information content (AvgIpc) is 2.97. The Bertz CT molecular complexity index is 1440. The highest BCUT2D eigenvalue weighted by Crippen LogP contribution is 2.31. The summed E-state index contributed by atoms with van der Waals surface area (Å²) in [7, 11) is 0. The van der Waals surface area contributed by atoms with Gasteiger partial charge < -0.3 is 20.2 Å². The Balaban J connectivity index is 1.39. The number of para-hydroxylation sites is 1. The number of nitrogens with zero attached hydrogens (tertiary/aromatic N) is 2. The van der Waals surface area contributed by atoms with Crippen molar-refractivity contribution < 1.29 is 20.0 Å². The Morgan fingerprint density at radius 2 is 1.74 bits per heavy atom. The Morgan fingerprint density at radius 1 is 1.05 bits per heavy atom. The van der Waals surface area contributed by atoms with Crippen molar-refractivity contribution in [3.63, 3.8) is 0 Å². The highest BCUT2D eigenvalue weighted by atomic mass is 16.5. The van der Waals surface area contributed by atoms with Crippen molar-refractivity contribution in [2.45, 2.75) is 32.5 Å². The van der Waals surface area contributed by atoms with Crippen molar-refractivity contribution in [3.8, 4) is 11.1 Å². The molecule has 7 nitrogen and oxygen atoms in total. The number of nitrogens with one attached hydrogen (secondary N) is 1. The van der Waals surface area contributed by atoms with E-state index in [1.54, 1.807) is 13.0 Å². The Morgan fingerprint density at radius 3 is 2.41 bits per heavy atom. The van der Waals surface area contributed by atoms with Gasteiger partial charge >= 0.3 is 5.97 Å². The molecule has 0 radical (unpaired) electrons. The molecule has 4 aromatic rings. The van der Waals surface area contributed by atoms with E-state index in [0.717, 1.165) is 42.9 Å². The molecule has 0 aliphatic carbocycles. The molecule has 39 heavy (non-hydrogen) atoms. The van der Waals surface area contributed by atoms with Gasteiger partial charge in [-0.15, -0.1) is 0 Å². The van der Waals surface area contributed by atoms with Crippen LogP contribution in [0.25, 0.3) is 11.1 Å². The van der Waals surface area contributed by atoms with E-state index in [2.05, 4.69) is 34.1 Å². The minimum atomic E-state index is -1.10. The molecule has 1 aliphatic rings. The lowest BCUT2D eigenvalue weighted by molar-refractivity contribution is -0.483. The topological polar surface area (TPSA) is 103 Å². The van der Waals surface area contributed by atoms with Crippen LogP contribution in [0.1, 0.15) is 41.4 Å². The number of quaternary nitrogens is 1. The first kappa shape index (κ1) is 26.3. The molecule has 5 rings (SSSR count). The van der Waals surface area contributed by atoms with Crippen LogP contribution < -0.4 is 10.2 Å². The lowest BCUT2D eigenvalue weighted by atomic mass is 9.96. The number of ether oxygens (including phenoxy) is 1. The zero-order chi connectivity index (χ0) is 27.2. The Labute approximate surface area is 228 Å². The van der Waals surface area contributed by atoms with E-state index in [-0.39, 0.29) is 11.8 Å². The van der Waals surface area contributed by atoms with E-state index in [1.165, 1.54) is 5.56 Å². The molecular weight excluding hydrogens is 488 g/mol. The number of piperidine rings is 1. The maximum atomic E-state index is 12.0. The summed E-state index contributed by atoms with van der Waals surface area (Å²) in [4.78, 5) is 18.7. The summed E-state index contributed by atoms with van der Waals surface area (Å²) in [6.07, 6.45) is 2.27. The summed E-state index contributed by atoms with van der Waals surface area (Å²) in [6.45, 7) is 4.11. The zero-order valence-corrected chi connectivity index (χ0v) is 22.0. The molecule has 1 unspecified atom stereocenters. The molecule has 1 aromatic heterocycles. The van der Waals surface area contributed by atoms with Crippen molar-refractivity contribution in [3.05, 3.63) is 108 Å². The molecule has 1 atom stereocenters. The van der Waals surface area contributed by atoms with Crippen molar-refractivity contribution in [1.29, 1.82) is 5.41 Å². The SMILES string of the molecule is CC(=N)c1c(-c2ccc(N3CCCC(OCc4ccccc4)C3)cc2)cc(C(=O)O)nc1[NH2+]c1ccccc1. The molecule has 7 heteroatoms. The fourth-order valence-electron chi connectivity index (χ4n) is 5.06. The Kier molecular flexibility index (Phi) is 8.10. The molecule has 1 aliphatic heterocycles. The van der Waals surface area contributed by atoms with Gasteiger partial charge in [-0.3, -0.25) is 5.32 Å². The van der Waals surface area contributed by atoms with Gasteiger partial charge in [0.05, 0.1) is 18.3 Å². The van der Waals surface area contributed by atoms with Crippen LogP contribution in [0.2, 0.25) is 0 Å². The predicted octanol–water partition coefficient (Wildman–Crippen LogP) is 5.55. The number of carboxylic acid groups (broad SMARTS) is 1. The van der Waals surface area contributed by atoms with Gasteiger partial charge in [0.2, 0.25) is 5.82 Å². The van der Waals surface area contributed by atoms with Gasteiger partial charge in [-0.2, -0.15) is 4.98 Å². The van der Waals surface area contributed by atoms with Crippen molar-refractivity contribution in [2.75, 3.05) is 18.0 Å². The molecule has 0 amide bonds. The monoisotopic (exact) mass is 521 g/mol. The first-order valence-corrected chi connectivity index (χ1v) is 13.2. The van der Waals surface area contributed by atoms with Crippen LogP contribution in [0, 0.1) is 5.41 Å². The largest absolute Gasteiger partial charge is 0.477 e. The van der Waals surface area contributed by atoms with Gasteiger partial charge in [-0.1, -0.05) is 60.7 Å². The first-order valence-electron chi connectivity index (χ1n) is 13.2. The van der Waals surface area contributed by atoms with E-state index in [4.69, 9.17) is 10.1 Å². The van der Waals surface area contributed by atoms with Crippen LogP contribution in [0.3, 0.4) is 0 Å². The lowest BCUT2D eigenvalue weighted by Gasteiger charge is -2.34. The smallest absolute Gasteiger partial charge is 0.354 e. The van der Waals surface area contributed by atoms with Gasteiger partial charge in [-0.05, 0) is 61.2 Å². The van der Waals surface area contributed by atoms with Crippen LogP contribution in [-0.4, -0.2) is 41.0 Å².